The number of amides is 2. The van der Waals surface area contributed by atoms with Crippen molar-refractivity contribution in [3.8, 4) is 0 Å². The molecule has 0 radical (unpaired) electrons. The average Bonchev–Trinajstić information content (AvgIpc) is 2.50. The first-order valence-corrected chi connectivity index (χ1v) is 20.6. The van der Waals surface area contributed by atoms with E-state index in [9.17, 15) is 9.59 Å². The minimum atomic E-state index is -0.283. The molecule has 2 rings (SSSR count). The summed E-state index contributed by atoms with van der Waals surface area (Å²) < 4.78 is 0. The zero-order valence-electron chi connectivity index (χ0n) is 11.9. The first-order valence-electron chi connectivity index (χ1n) is 6.66. The summed E-state index contributed by atoms with van der Waals surface area (Å²) in [5.74, 6) is -0.606. The predicted octanol–water partition coefficient (Wildman–Crippen LogP) is 1.98. The number of hydrogen-bond donors (Lipinski definition) is 2. The zero-order chi connectivity index (χ0) is 16.1. The predicted molar refractivity (Wildman–Crippen MR) is 87.8 cm³/mol. The second-order valence-electron chi connectivity index (χ2n) is 4.50. The standard InChI is InChI=1S/C6H11N2O.C6H9N2O.2BrH.Zn/c2*7-6(9)5-2-1-3-8-4-5;;;/h5H,1-4H2,(H2,7,9);1-2,5H,3-4H2,(H2,7,9);2*1H;/q2*-1;;;+2/p-2. The van der Waals surface area contributed by atoms with Gasteiger partial charge in [-0.25, -0.2) is 0 Å². The molecule has 0 spiro atoms. The number of hydrogen-bond acceptors (Lipinski definition) is 2. The Morgan fingerprint density at radius 1 is 1.14 bits per heavy atom. The summed E-state index contributed by atoms with van der Waals surface area (Å²) in [6.45, 7) is 2.84. The first-order chi connectivity index (χ1) is 10.0. The topological polar surface area (TPSA) is 114 Å². The Balaban J connectivity index is 0.000000322. The van der Waals surface area contributed by atoms with Crippen LogP contribution in [0.15, 0.2) is 12.2 Å². The quantitative estimate of drug-likeness (QED) is 0.468. The van der Waals surface area contributed by atoms with Crippen molar-refractivity contribution >= 4 is 39.1 Å². The van der Waals surface area contributed by atoms with Crippen LogP contribution in [0.4, 0.5) is 0 Å². The van der Waals surface area contributed by atoms with E-state index in [1.165, 1.54) is 0 Å². The Morgan fingerprint density at radius 3 is 2.10 bits per heavy atom. The van der Waals surface area contributed by atoms with Crippen LogP contribution in [-0.2, 0) is 22.8 Å². The van der Waals surface area contributed by atoms with E-state index in [2.05, 4.69) is 37.9 Å². The van der Waals surface area contributed by atoms with Crippen LogP contribution in [0.3, 0.4) is 0 Å². The second-order valence-corrected chi connectivity index (χ2v) is 18.6. The minimum absolute atomic E-state index is 0.0266. The maximum absolute atomic E-state index is 10.5. The fourth-order valence-electron chi connectivity index (χ4n) is 1.78. The molecular formula is C12H20Br2N4O2Zn-2. The molecule has 0 bridgehead atoms. The van der Waals surface area contributed by atoms with Crippen molar-refractivity contribution in [1.29, 1.82) is 0 Å². The van der Waals surface area contributed by atoms with Gasteiger partial charge in [-0.05, 0) is 6.42 Å². The number of carbonyl (C=O) groups excluding carboxylic acids is 2. The van der Waals surface area contributed by atoms with Crippen LogP contribution in [0, 0.1) is 11.8 Å². The van der Waals surface area contributed by atoms with E-state index in [1.807, 2.05) is 12.2 Å². The van der Waals surface area contributed by atoms with Gasteiger partial charge in [-0.1, -0.05) is 12.5 Å². The van der Waals surface area contributed by atoms with Crippen molar-refractivity contribution in [3.05, 3.63) is 22.8 Å². The molecule has 6 nitrogen and oxygen atoms in total. The third kappa shape index (κ3) is 11.4. The fourth-order valence-corrected chi connectivity index (χ4v) is 1.78. The van der Waals surface area contributed by atoms with Gasteiger partial charge < -0.3 is 22.1 Å². The van der Waals surface area contributed by atoms with Crippen molar-refractivity contribution in [1.82, 2.24) is 0 Å². The van der Waals surface area contributed by atoms with Crippen molar-refractivity contribution in [2.24, 2.45) is 23.3 Å². The number of primary amides is 2. The molecule has 0 saturated carbocycles. The van der Waals surface area contributed by atoms with Crippen LogP contribution in [0.25, 0.3) is 10.6 Å². The van der Waals surface area contributed by atoms with E-state index in [0.29, 0.717) is 13.1 Å². The summed E-state index contributed by atoms with van der Waals surface area (Å²) in [5.41, 5.74) is 10.1. The Labute approximate surface area is 146 Å². The Morgan fingerprint density at radius 2 is 1.81 bits per heavy atom. The summed E-state index contributed by atoms with van der Waals surface area (Å²) in [7, 11) is 0. The molecule has 0 aliphatic carbocycles. The van der Waals surface area contributed by atoms with Gasteiger partial charge in [0, 0.05) is 11.8 Å². The monoisotopic (exact) mass is 474 g/mol. The number of piperidine rings is 1. The van der Waals surface area contributed by atoms with Crippen LogP contribution in [0.1, 0.15) is 12.8 Å². The van der Waals surface area contributed by atoms with E-state index in [4.69, 9.17) is 11.5 Å². The van der Waals surface area contributed by atoms with E-state index in [-0.39, 0.29) is 36.9 Å². The molecule has 2 unspecified atom stereocenters. The fraction of sp³-hybridized carbons (Fsp3) is 0.667. The second kappa shape index (κ2) is 13.8. The number of nitrogens with two attached hydrogens (primary N) is 2. The van der Waals surface area contributed by atoms with Crippen LogP contribution in [-0.4, -0.2) is 38.0 Å². The van der Waals surface area contributed by atoms with Gasteiger partial charge in [-0.3, -0.25) is 9.59 Å². The van der Waals surface area contributed by atoms with Gasteiger partial charge in [0.05, 0.1) is 0 Å². The third-order valence-electron chi connectivity index (χ3n) is 2.91. The Kier molecular flexibility index (Phi) is 13.9. The molecule has 21 heavy (non-hydrogen) atoms. The van der Waals surface area contributed by atoms with E-state index < -0.39 is 0 Å². The molecule has 9 heteroatoms. The summed E-state index contributed by atoms with van der Waals surface area (Å²) >= 11 is 6.25. The van der Waals surface area contributed by atoms with Crippen LogP contribution in [0.2, 0.25) is 0 Å². The molecule has 4 N–H and O–H groups in total. The molecule has 118 valence electrons. The molecule has 1 saturated heterocycles. The average molecular weight is 478 g/mol. The van der Waals surface area contributed by atoms with E-state index in [0.717, 1.165) is 25.9 Å². The van der Waals surface area contributed by atoms with Gasteiger partial charge >= 0.3 is 40.5 Å². The van der Waals surface area contributed by atoms with Gasteiger partial charge in [-0.15, -0.1) is 32.3 Å². The molecule has 2 aliphatic heterocycles. The normalized spacial score (nSPS) is 23.5. The van der Waals surface area contributed by atoms with Crippen LogP contribution < -0.4 is 11.5 Å². The molecule has 0 aromatic heterocycles. The molecular weight excluding hydrogens is 457 g/mol. The Hall–Kier alpha value is 0.183. The summed E-state index contributed by atoms with van der Waals surface area (Å²) in [6.07, 6.45) is 5.63. The van der Waals surface area contributed by atoms with Crippen LogP contribution >= 0.6 is 27.2 Å². The third-order valence-corrected chi connectivity index (χ3v) is 2.91. The molecule has 1 fully saturated rings. The molecule has 2 atom stereocenters. The van der Waals surface area contributed by atoms with E-state index >= 15 is 0 Å². The molecule has 2 aliphatic rings. The molecule has 2 heterocycles. The van der Waals surface area contributed by atoms with Crippen molar-refractivity contribution < 1.29 is 22.8 Å². The molecule has 0 aromatic rings. The number of carbonyl (C=O) groups is 2. The van der Waals surface area contributed by atoms with Crippen molar-refractivity contribution in [2.45, 2.75) is 12.8 Å². The number of nitrogens with zero attached hydrogens (tertiary/aromatic N) is 2. The van der Waals surface area contributed by atoms with Gasteiger partial charge in [0.25, 0.3) is 0 Å². The SMILES string of the molecule is NC(=O)C1C=CC[N-]C1.NC(=O)C1CCC[N-]C1.[Br][Zn][Br]. The summed E-state index contributed by atoms with van der Waals surface area (Å²) in [4.78, 5) is 21.0. The van der Waals surface area contributed by atoms with Gasteiger partial charge in [0.1, 0.15) is 0 Å². The van der Waals surface area contributed by atoms with Gasteiger partial charge in [0.2, 0.25) is 11.8 Å². The number of halogens is 2. The zero-order valence-corrected chi connectivity index (χ0v) is 18.0. The van der Waals surface area contributed by atoms with Gasteiger partial charge in [-0.2, -0.15) is 0 Å². The molecule has 0 aromatic carbocycles. The van der Waals surface area contributed by atoms with Gasteiger partial charge in [0.15, 0.2) is 0 Å². The molecule has 2 amide bonds. The van der Waals surface area contributed by atoms with Crippen LogP contribution in [0.5, 0.6) is 0 Å². The van der Waals surface area contributed by atoms with Crippen molar-refractivity contribution in [2.75, 3.05) is 26.2 Å². The summed E-state index contributed by atoms with van der Waals surface area (Å²) in [5, 5.41) is 8.07. The van der Waals surface area contributed by atoms with E-state index in [1.54, 1.807) is 0 Å². The summed E-state index contributed by atoms with van der Waals surface area (Å²) in [6, 6.07) is 0. The maximum atomic E-state index is 10.5. The Bertz CT molecular complexity index is 339. The first kappa shape index (κ1) is 21.2. The number of rotatable bonds is 2. The van der Waals surface area contributed by atoms with Crippen molar-refractivity contribution in [3.63, 3.8) is 0 Å².